The summed E-state index contributed by atoms with van der Waals surface area (Å²) in [6.07, 6.45) is 0.426. The lowest BCUT2D eigenvalue weighted by molar-refractivity contribution is -0.131. The van der Waals surface area contributed by atoms with Crippen molar-refractivity contribution in [2.45, 2.75) is 33.2 Å². The molecule has 8 heteroatoms. The molecular weight excluding hydrogens is 364 g/mol. The Morgan fingerprint density at radius 3 is 2.40 bits per heavy atom. The normalized spacial score (nSPS) is 18.8. The summed E-state index contributed by atoms with van der Waals surface area (Å²) in [7, 11) is -1.51. The van der Waals surface area contributed by atoms with Gasteiger partial charge >= 0.3 is 0 Å². The molecule has 1 aromatic carbocycles. The highest BCUT2D eigenvalue weighted by Crippen LogP contribution is 2.31. The standard InChI is InChI=1S/C17H23ClN2O4S/c1-11-7-12(2)17(15(18)8-11)20(13(3)21)9-16(22)19(4)14-5-6-25(23,24)10-14/h7-8,14H,5-6,9-10H2,1-4H3. The molecule has 2 amide bonds. The van der Waals surface area contributed by atoms with Gasteiger partial charge in [-0.3, -0.25) is 9.59 Å². The molecule has 1 atom stereocenters. The Kier molecular flexibility index (Phi) is 5.79. The third-order valence-electron chi connectivity index (χ3n) is 4.49. The molecule has 0 radical (unpaired) electrons. The fraction of sp³-hybridized carbons (Fsp3) is 0.529. The minimum Gasteiger partial charge on any atom is -0.340 e. The Morgan fingerprint density at radius 1 is 1.28 bits per heavy atom. The van der Waals surface area contributed by atoms with Crippen molar-refractivity contribution in [1.29, 1.82) is 0 Å². The third-order valence-corrected chi connectivity index (χ3v) is 6.53. The van der Waals surface area contributed by atoms with Crippen molar-refractivity contribution in [3.8, 4) is 0 Å². The zero-order chi connectivity index (χ0) is 18.9. The van der Waals surface area contributed by atoms with E-state index >= 15 is 0 Å². The molecule has 0 saturated carbocycles. The van der Waals surface area contributed by atoms with Crippen LogP contribution < -0.4 is 4.90 Å². The number of benzene rings is 1. The Labute approximate surface area is 153 Å². The first kappa shape index (κ1) is 19.7. The lowest BCUT2D eigenvalue weighted by Gasteiger charge is -2.29. The molecule has 1 heterocycles. The largest absolute Gasteiger partial charge is 0.340 e. The van der Waals surface area contributed by atoms with Crippen molar-refractivity contribution in [2.75, 3.05) is 30.0 Å². The number of carbonyl (C=O) groups is 2. The summed E-state index contributed by atoms with van der Waals surface area (Å²) in [5.41, 5.74) is 2.29. The van der Waals surface area contributed by atoms with E-state index in [9.17, 15) is 18.0 Å². The van der Waals surface area contributed by atoms with Gasteiger partial charge in [0.2, 0.25) is 11.8 Å². The second-order valence-corrected chi connectivity index (χ2v) is 9.21. The quantitative estimate of drug-likeness (QED) is 0.792. The van der Waals surface area contributed by atoms with Gasteiger partial charge in [-0.15, -0.1) is 0 Å². The van der Waals surface area contributed by atoms with E-state index in [1.807, 2.05) is 19.9 Å². The van der Waals surface area contributed by atoms with E-state index < -0.39 is 9.84 Å². The maximum Gasteiger partial charge on any atom is 0.242 e. The van der Waals surface area contributed by atoms with Crippen LogP contribution in [0.25, 0.3) is 0 Å². The zero-order valence-corrected chi connectivity index (χ0v) is 16.4. The maximum absolute atomic E-state index is 12.6. The molecule has 0 spiro atoms. The van der Waals surface area contributed by atoms with Gasteiger partial charge in [0, 0.05) is 20.0 Å². The number of amides is 2. The zero-order valence-electron chi connectivity index (χ0n) is 14.9. The van der Waals surface area contributed by atoms with E-state index in [2.05, 4.69) is 0 Å². The molecule has 1 fully saturated rings. The summed E-state index contributed by atoms with van der Waals surface area (Å²) in [5.74, 6) is -0.545. The number of rotatable bonds is 4. The smallest absolute Gasteiger partial charge is 0.242 e. The van der Waals surface area contributed by atoms with Gasteiger partial charge in [-0.05, 0) is 37.5 Å². The molecule has 6 nitrogen and oxygen atoms in total. The highest BCUT2D eigenvalue weighted by molar-refractivity contribution is 7.91. The van der Waals surface area contributed by atoms with E-state index in [-0.39, 0.29) is 35.9 Å². The summed E-state index contributed by atoms with van der Waals surface area (Å²) in [4.78, 5) is 27.5. The van der Waals surface area contributed by atoms with Gasteiger partial charge in [-0.25, -0.2) is 8.42 Å². The molecular formula is C17H23ClN2O4S. The first-order valence-corrected chi connectivity index (χ1v) is 10.2. The molecule has 1 unspecified atom stereocenters. The molecule has 1 aliphatic rings. The minimum absolute atomic E-state index is 0.0281. The third kappa shape index (κ3) is 4.52. The topological polar surface area (TPSA) is 74.8 Å². The van der Waals surface area contributed by atoms with Crippen molar-refractivity contribution in [3.05, 3.63) is 28.3 Å². The predicted molar refractivity (Wildman–Crippen MR) is 98.8 cm³/mol. The van der Waals surface area contributed by atoms with Gasteiger partial charge < -0.3 is 9.80 Å². The number of anilines is 1. The Bertz CT molecular complexity index is 784. The van der Waals surface area contributed by atoms with Crippen LogP contribution in [0.4, 0.5) is 5.69 Å². The molecule has 2 rings (SSSR count). The van der Waals surface area contributed by atoms with E-state index in [4.69, 9.17) is 11.6 Å². The lowest BCUT2D eigenvalue weighted by atomic mass is 10.1. The molecule has 1 aliphatic heterocycles. The fourth-order valence-corrected chi connectivity index (χ4v) is 5.33. The van der Waals surface area contributed by atoms with E-state index in [1.54, 1.807) is 13.1 Å². The van der Waals surface area contributed by atoms with Crippen molar-refractivity contribution in [1.82, 2.24) is 4.90 Å². The Balaban J connectivity index is 2.23. The first-order valence-electron chi connectivity index (χ1n) is 8.03. The molecule has 0 bridgehead atoms. The van der Waals surface area contributed by atoms with Crippen LogP contribution in [0.2, 0.25) is 5.02 Å². The number of carbonyl (C=O) groups excluding carboxylic acids is 2. The highest BCUT2D eigenvalue weighted by atomic mass is 35.5. The number of hydrogen-bond acceptors (Lipinski definition) is 4. The average Bonchev–Trinajstić information content (AvgIpc) is 2.84. The second kappa shape index (κ2) is 7.33. The Morgan fingerprint density at radius 2 is 1.92 bits per heavy atom. The van der Waals surface area contributed by atoms with Gasteiger partial charge in [-0.1, -0.05) is 17.7 Å². The highest BCUT2D eigenvalue weighted by Gasteiger charge is 2.33. The molecule has 138 valence electrons. The summed E-state index contributed by atoms with van der Waals surface area (Å²) >= 11 is 6.30. The summed E-state index contributed by atoms with van der Waals surface area (Å²) in [6, 6.07) is 3.30. The summed E-state index contributed by atoms with van der Waals surface area (Å²) < 4.78 is 23.2. The van der Waals surface area contributed by atoms with E-state index in [0.717, 1.165) is 11.1 Å². The molecule has 0 N–H and O–H groups in total. The van der Waals surface area contributed by atoms with Crippen molar-refractivity contribution in [3.63, 3.8) is 0 Å². The summed E-state index contributed by atoms with van der Waals surface area (Å²) in [6.45, 7) is 4.94. The van der Waals surface area contributed by atoms with Crippen LogP contribution in [0.1, 0.15) is 24.5 Å². The van der Waals surface area contributed by atoms with Crippen LogP contribution in [0.15, 0.2) is 12.1 Å². The van der Waals surface area contributed by atoms with Gasteiger partial charge in [-0.2, -0.15) is 0 Å². The van der Waals surface area contributed by atoms with Crippen LogP contribution in [-0.4, -0.2) is 56.3 Å². The van der Waals surface area contributed by atoms with Crippen molar-refractivity contribution >= 4 is 38.9 Å². The maximum atomic E-state index is 12.6. The average molecular weight is 387 g/mol. The van der Waals surface area contributed by atoms with Crippen LogP contribution in [0.3, 0.4) is 0 Å². The molecule has 25 heavy (non-hydrogen) atoms. The van der Waals surface area contributed by atoms with Gasteiger partial charge in [0.25, 0.3) is 0 Å². The van der Waals surface area contributed by atoms with Gasteiger partial charge in [0.1, 0.15) is 6.54 Å². The first-order chi connectivity index (χ1) is 11.5. The van der Waals surface area contributed by atoms with Gasteiger partial charge in [0.05, 0.1) is 22.2 Å². The predicted octanol–water partition coefficient (Wildman–Crippen LogP) is 1.96. The number of sulfone groups is 1. The van der Waals surface area contributed by atoms with E-state index in [1.165, 1.54) is 16.7 Å². The SMILES string of the molecule is CC(=O)N(CC(=O)N(C)C1CCS(=O)(=O)C1)c1c(C)cc(C)cc1Cl. The van der Waals surface area contributed by atoms with Crippen molar-refractivity contribution < 1.29 is 18.0 Å². The number of aryl methyl sites for hydroxylation is 2. The lowest BCUT2D eigenvalue weighted by Crippen LogP contribution is -2.45. The number of halogens is 1. The second-order valence-electron chi connectivity index (χ2n) is 6.58. The number of nitrogens with zero attached hydrogens (tertiary/aromatic N) is 2. The Hall–Kier alpha value is -1.60. The van der Waals surface area contributed by atoms with Crippen LogP contribution >= 0.6 is 11.6 Å². The molecule has 1 saturated heterocycles. The molecule has 1 aromatic rings. The molecule has 0 aliphatic carbocycles. The van der Waals surface area contributed by atoms with Crippen LogP contribution in [0.5, 0.6) is 0 Å². The van der Waals surface area contributed by atoms with E-state index in [0.29, 0.717) is 17.1 Å². The minimum atomic E-state index is -3.08. The summed E-state index contributed by atoms with van der Waals surface area (Å²) in [5, 5.41) is 0.409. The van der Waals surface area contributed by atoms with Crippen molar-refractivity contribution in [2.24, 2.45) is 0 Å². The number of hydrogen-bond donors (Lipinski definition) is 0. The monoisotopic (exact) mass is 386 g/mol. The van der Waals surface area contributed by atoms with Gasteiger partial charge in [0.15, 0.2) is 9.84 Å². The van der Waals surface area contributed by atoms with Crippen LogP contribution in [0, 0.1) is 13.8 Å². The molecule has 0 aromatic heterocycles. The fourth-order valence-electron chi connectivity index (χ4n) is 3.13. The number of likely N-dealkylation sites (N-methyl/N-ethyl adjacent to an activating group) is 1. The van der Waals surface area contributed by atoms with Crippen LogP contribution in [-0.2, 0) is 19.4 Å².